The molecule has 0 rings (SSSR count). The summed E-state index contributed by atoms with van der Waals surface area (Å²) in [6.07, 6.45) is -6.31. The number of ether oxygens (including phenoxy) is 2. The summed E-state index contributed by atoms with van der Waals surface area (Å²) < 4.78 is 166. The van der Waals surface area contributed by atoms with Gasteiger partial charge in [0.25, 0.3) is 0 Å². The van der Waals surface area contributed by atoms with E-state index in [0.29, 0.717) is 0 Å². The third-order valence-corrected chi connectivity index (χ3v) is 4.75. The number of hydrogen-bond donors (Lipinski definition) is 1. The van der Waals surface area contributed by atoms with Crippen LogP contribution in [0.15, 0.2) is 0 Å². The van der Waals surface area contributed by atoms with Gasteiger partial charge in [0.2, 0.25) is 0 Å². The zero-order valence-corrected chi connectivity index (χ0v) is 18.1. The van der Waals surface area contributed by atoms with Crippen molar-refractivity contribution in [2.45, 2.75) is 98.9 Å². The summed E-state index contributed by atoms with van der Waals surface area (Å²) in [4.78, 5) is 23.7. The molecule has 1 N–H and O–H groups in total. The Morgan fingerprint density at radius 2 is 1.23 bits per heavy atom. The maximum atomic E-state index is 13.7. The number of carbonyl (C=O) groups is 2. The fraction of sp³-hybridized carbons (Fsp3) is 0.909. The van der Waals surface area contributed by atoms with Gasteiger partial charge in [0, 0.05) is 13.0 Å². The number of esters is 2. The predicted octanol–water partition coefficient (Wildman–Crippen LogP) is 7.49. The van der Waals surface area contributed by atoms with E-state index in [1.54, 1.807) is 0 Å². The van der Waals surface area contributed by atoms with Crippen molar-refractivity contribution >= 4 is 11.9 Å². The largest absolute Gasteiger partial charge is 0.465 e. The third kappa shape index (κ3) is 9.88. The zero-order valence-electron chi connectivity index (χ0n) is 18.1. The lowest BCUT2D eigenvalue weighted by molar-refractivity contribution is -0.414. The highest BCUT2D eigenvalue weighted by Gasteiger charge is 2.87. The van der Waals surface area contributed by atoms with Crippen molar-refractivity contribution in [1.82, 2.24) is 0 Å². The van der Waals surface area contributed by atoms with Crippen LogP contribution in [0.25, 0.3) is 0 Å². The molecular formula is C22H38F12O5. The second kappa shape index (κ2) is 17.0. The summed E-state index contributed by atoms with van der Waals surface area (Å²) in [5.41, 5.74) is 0. The van der Waals surface area contributed by atoms with Gasteiger partial charge in [-0.1, -0.05) is 43.6 Å². The first-order valence-electron chi connectivity index (χ1n) is 9.77. The summed E-state index contributed by atoms with van der Waals surface area (Å²) in [7, 11) is 0. The van der Waals surface area contributed by atoms with Crippen LogP contribution in [0, 0.1) is 11.8 Å². The number of halogens is 12. The minimum absolute atomic E-state index is 0. The molecule has 2 atom stereocenters. The zero-order chi connectivity index (χ0) is 28.0. The highest BCUT2D eigenvalue weighted by atomic mass is 19.4. The van der Waals surface area contributed by atoms with E-state index in [0.717, 1.165) is 0 Å². The lowest BCUT2D eigenvalue weighted by atomic mass is 9.93. The topological polar surface area (TPSA) is 72.8 Å². The Labute approximate surface area is 220 Å². The summed E-state index contributed by atoms with van der Waals surface area (Å²) in [6, 6.07) is 0. The van der Waals surface area contributed by atoms with E-state index in [-0.39, 0.29) is 55.8 Å². The summed E-state index contributed by atoms with van der Waals surface area (Å²) in [5.74, 6) is -41.5. The summed E-state index contributed by atoms with van der Waals surface area (Å²) in [5, 5.41) is 8.59. The molecule has 0 fully saturated rings. The van der Waals surface area contributed by atoms with Crippen molar-refractivity contribution in [2.75, 3.05) is 19.8 Å². The van der Waals surface area contributed by atoms with Crippen LogP contribution < -0.4 is 0 Å². The van der Waals surface area contributed by atoms with Gasteiger partial charge in [0.1, 0.15) is 0 Å². The molecule has 0 aromatic rings. The Hall–Kier alpha value is -1.94. The molecule has 0 aliphatic carbocycles. The number of rotatable bonds is 15. The highest BCUT2D eigenvalue weighted by Crippen LogP contribution is 2.58. The quantitative estimate of drug-likeness (QED) is 0.118. The van der Waals surface area contributed by atoms with Gasteiger partial charge in [0.15, 0.2) is 6.61 Å². The second-order valence-corrected chi connectivity index (χ2v) is 7.45. The molecule has 0 aromatic carbocycles. The number of carbonyl (C=O) groups excluding carboxylic acids is 2. The number of alkyl halides is 12. The normalized spacial score (nSPS) is 14.1. The number of hydrogen-bond acceptors (Lipinski definition) is 5. The monoisotopic (exact) mass is 610 g/mol. The van der Waals surface area contributed by atoms with Crippen LogP contribution in [0.3, 0.4) is 0 Å². The third-order valence-electron chi connectivity index (χ3n) is 4.75. The van der Waals surface area contributed by atoms with E-state index in [1.165, 1.54) is 13.8 Å². The average molecular weight is 611 g/mol. The standard InChI is InChI=1S/C18H22F12O5.4CH4/c1-3-10(7-9(2)11(32)34-6-4-5-31)12(33)35-8-14(21,22)16(25,26)18(29,30)17(27,28)15(23,24)13(19)20;;;;/h9-10,13,31H,3-8H2,1-2H3;4*1H4. The molecule has 2 unspecified atom stereocenters. The molecule has 39 heavy (non-hydrogen) atoms. The summed E-state index contributed by atoms with van der Waals surface area (Å²) in [6.45, 7) is -1.10. The molecule has 17 heteroatoms. The highest BCUT2D eigenvalue weighted by molar-refractivity contribution is 5.75. The summed E-state index contributed by atoms with van der Waals surface area (Å²) >= 11 is 0. The first-order chi connectivity index (χ1) is 15.7. The Morgan fingerprint density at radius 1 is 0.769 bits per heavy atom. The van der Waals surface area contributed by atoms with Crippen LogP contribution in [0.5, 0.6) is 0 Å². The van der Waals surface area contributed by atoms with Crippen LogP contribution in [-0.2, 0) is 19.1 Å². The molecule has 0 radical (unpaired) electrons. The van der Waals surface area contributed by atoms with Crippen LogP contribution in [0.2, 0.25) is 0 Å². The van der Waals surface area contributed by atoms with Crippen LogP contribution in [-0.4, -0.2) is 72.9 Å². The Bertz CT molecular complexity index is 718. The van der Waals surface area contributed by atoms with Gasteiger partial charge >= 0.3 is 48.0 Å². The number of aliphatic hydroxyl groups is 1. The first-order valence-corrected chi connectivity index (χ1v) is 9.77. The molecule has 240 valence electrons. The van der Waals surface area contributed by atoms with E-state index >= 15 is 0 Å². The number of aliphatic hydroxyl groups excluding tert-OH is 1. The van der Waals surface area contributed by atoms with Crippen LogP contribution >= 0.6 is 0 Å². The maximum absolute atomic E-state index is 13.7. The van der Waals surface area contributed by atoms with Gasteiger partial charge in [-0.15, -0.1) is 0 Å². The molecule has 0 saturated heterocycles. The first kappa shape index (κ1) is 46.9. The van der Waals surface area contributed by atoms with Crippen molar-refractivity contribution in [1.29, 1.82) is 0 Å². The molecule has 0 bridgehead atoms. The molecule has 0 aliphatic heterocycles. The van der Waals surface area contributed by atoms with Gasteiger partial charge in [-0.25, -0.2) is 8.78 Å². The van der Waals surface area contributed by atoms with E-state index in [9.17, 15) is 62.3 Å². The molecular weight excluding hydrogens is 572 g/mol. The molecule has 0 saturated carbocycles. The Balaban J connectivity index is -0.000000963. The van der Waals surface area contributed by atoms with Crippen molar-refractivity contribution in [2.24, 2.45) is 11.8 Å². The fourth-order valence-electron chi connectivity index (χ4n) is 2.48. The average Bonchev–Trinajstić information content (AvgIpc) is 2.74. The predicted molar refractivity (Wildman–Crippen MR) is 119 cm³/mol. The molecule has 0 aromatic heterocycles. The lowest BCUT2D eigenvalue weighted by Gasteiger charge is -2.39. The molecule has 0 heterocycles. The maximum Gasteiger partial charge on any atom is 0.384 e. The lowest BCUT2D eigenvalue weighted by Crippen LogP contribution is -2.69. The van der Waals surface area contributed by atoms with E-state index in [4.69, 9.17) is 9.84 Å². The second-order valence-electron chi connectivity index (χ2n) is 7.45. The van der Waals surface area contributed by atoms with Crippen LogP contribution in [0.1, 0.15) is 62.8 Å². The van der Waals surface area contributed by atoms with Crippen molar-refractivity contribution in [3.05, 3.63) is 0 Å². The van der Waals surface area contributed by atoms with E-state index < -0.39 is 72.8 Å². The molecule has 0 aliphatic rings. The Morgan fingerprint density at radius 3 is 1.62 bits per heavy atom. The molecule has 5 nitrogen and oxygen atoms in total. The van der Waals surface area contributed by atoms with E-state index in [2.05, 4.69) is 4.74 Å². The van der Waals surface area contributed by atoms with Gasteiger partial charge in [-0.2, -0.15) is 43.9 Å². The molecule has 0 spiro atoms. The minimum Gasteiger partial charge on any atom is -0.465 e. The van der Waals surface area contributed by atoms with Gasteiger partial charge in [0.05, 0.1) is 18.4 Å². The van der Waals surface area contributed by atoms with E-state index in [1.807, 2.05) is 0 Å². The van der Waals surface area contributed by atoms with Crippen molar-refractivity contribution in [3.63, 3.8) is 0 Å². The molecule has 0 amide bonds. The van der Waals surface area contributed by atoms with Crippen LogP contribution in [0.4, 0.5) is 52.7 Å². The minimum atomic E-state index is -7.72. The van der Waals surface area contributed by atoms with Gasteiger partial charge in [-0.3, -0.25) is 9.59 Å². The SMILES string of the molecule is C.C.C.C.CCC(CC(C)C(=O)OCCCO)C(=O)OCC(F)(F)C(F)(F)C(F)(F)C(F)(F)C(F)(F)C(F)F. The van der Waals surface area contributed by atoms with Gasteiger partial charge in [-0.05, 0) is 12.8 Å². The van der Waals surface area contributed by atoms with Crippen molar-refractivity contribution in [3.8, 4) is 0 Å². The van der Waals surface area contributed by atoms with Crippen molar-refractivity contribution < 1.29 is 76.9 Å². The smallest absolute Gasteiger partial charge is 0.384 e. The fourth-order valence-corrected chi connectivity index (χ4v) is 2.48. The van der Waals surface area contributed by atoms with Gasteiger partial charge < -0.3 is 14.6 Å². The Kier molecular flexibility index (Phi) is 20.4.